The smallest absolute Gasteiger partial charge is 0.122 e. The highest BCUT2D eigenvalue weighted by Crippen LogP contribution is 2.31. The molecule has 0 fully saturated rings. The summed E-state index contributed by atoms with van der Waals surface area (Å²) >= 11 is 0. The fraction of sp³-hybridized carbons (Fsp3) is 0.455. The van der Waals surface area contributed by atoms with Gasteiger partial charge in [0.05, 0.1) is 6.61 Å². The Kier molecular flexibility index (Phi) is 6.86. The van der Waals surface area contributed by atoms with E-state index in [4.69, 9.17) is 4.74 Å². The average molecular weight is 326 g/mol. The molecular weight excluding hydrogens is 296 g/mol. The topological polar surface area (TPSA) is 29.5 Å². The summed E-state index contributed by atoms with van der Waals surface area (Å²) in [4.78, 5) is 0. The van der Waals surface area contributed by atoms with Gasteiger partial charge in [0.2, 0.25) is 0 Å². The highest BCUT2D eigenvalue weighted by molar-refractivity contribution is 5.46. The number of aryl methyl sites for hydroxylation is 1. The molecule has 0 aliphatic rings. The zero-order valence-corrected chi connectivity index (χ0v) is 15.4. The molecule has 0 amide bonds. The van der Waals surface area contributed by atoms with Crippen LogP contribution in [0.1, 0.15) is 67.0 Å². The van der Waals surface area contributed by atoms with Gasteiger partial charge in [-0.3, -0.25) is 0 Å². The van der Waals surface area contributed by atoms with Crippen molar-refractivity contribution in [2.75, 3.05) is 6.61 Å². The summed E-state index contributed by atoms with van der Waals surface area (Å²) in [5.74, 6) is 0.926. The Morgan fingerprint density at radius 3 is 2.25 bits per heavy atom. The molecule has 2 nitrogen and oxygen atoms in total. The van der Waals surface area contributed by atoms with Crippen LogP contribution < -0.4 is 4.74 Å². The summed E-state index contributed by atoms with van der Waals surface area (Å²) in [7, 11) is 0. The summed E-state index contributed by atoms with van der Waals surface area (Å²) in [6, 6.07) is 12.3. The van der Waals surface area contributed by atoms with Crippen molar-refractivity contribution in [3.05, 3.63) is 64.2 Å². The van der Waals surface area contributed by atoms with Gasteiger partial charge in [0.15, 0.2) is 0 Å². The molecule has 0 aromatic heterocycles. The van der Waals surface area contributed by atoms with Crippen molar-refractivity contribution in [1.29, 1.82) is 0 Å². The van der Waals surface area contributed by atoms with Gasteiger partial charge >= 0.3 is 0 Å². The van der Waals surface area contributed by atoms with Crippen LogP contribution in [0.25, 0.3) is 0 Å². The van der Waals surface area contributed by atoms with E-state index in [0.717, 1.165) is 60.3 Å². The van der Waals surface area contributed by atoms with E-state index in [2.05, 4.69) is 39.8 Å². The van der Waals surface area contributed by atoms with Crippen molar-refractivity contribution in [3.8, 4) is 5.75 Å². The van der Waals surface area contributed by atoms with Crippen LogP contribution >= 0.6 is 0 Å². The quantitative estimate of drug-likeness (QED) is 0.648. The molecule has 0 aliphatic heterocycles. The SMILES string of the molecule is CCCCOc1ccc(C(O)c2ccc(CCC)cc2)c(C)c1C. The first kappa shape index (κ1) is 18.5. The molecule has 24 heavy (non-hydrogen) atoms. The second kappa shape index (κ2) is 8.89. The standard InChI is InChI=1S/C22H30O2/c1-5-7-15-24-21-14-13-20(16(3)17(21)4)22(23)19-11-9-18(8-6-2)10-12-19/h9-14,22-23H,5-8,15H2,1-4H3. The number of unbranched alkanes of at least 4 members (excludes halogenated alkanes) is 1. The molecule has 2 aromatic carbocycles. The number of aliphatic hydroxyl groups excluding tert-OH is 1. The lowest BCUT2D eigenvalue weighted by Gasteiger charge is -2.19. The number of benzene rings is 2. The van der Waals surface area contributed by atoms with Gasteiger partial charge in [-0.25, -0.2) is 0 Å². The lowest BCUT2D eigenvalue weighted by atomic mass is 9.93. The molecule has 2 rings (SSSR count). The van der Waals surface area contributed by atoms with Crippen molar-refractivity contribution < 1.29 is 9.84 Å². The van der Waals surface area contributed by atoms with Gasteiger partial charge in [-0.05, 0) is 60.6 Å². The minimum absolute atomic E-state index is 0.593. The molecule has 0 spiro atoms. The van der Waals surface area contributed by atoms with E-state index < -0.39 is 6.10 Å². The van der Waals surface area contributed by atoms with Crippen LogP contribution in [0.2, 0.25) is 0 Å². The Morgan fingerprint density at radius 1 is 0.917 bits per heavy atom. The molecule has 0 bridgehead atoms. The third kappa shape index (κ3) is 4.39. The Bertz CT molecular complexity index is 644. The predicted molar refractivity (Wildman–Crippen MR) is 101 cm³/mol. The van der Waals surface area contributed by atoms with Crippen LogP contribution in [0.4, 0.5) is 0 Å². The van der Waals surface area contributed by atoms with Gasteiger partial charge < -0.3 is 9.84 Å². The number of ether oxygens (including phenoxy) is 1. The van der Waals surface area contributed by atoms with Crippen molar-refractivity contribution in [2.24, 2.45) is 0 Å². The molecular formula is C22H30O2. The van der Waals surface area contributed by atoms with Crippen molar-refractivity contribution >= 4 is 0 Å². The van der Waals surface area contributed by atoms with E-state index >= 15 is 0 Å². The maximum atomic E-state index is 10.8. The van der Waals surface area contributed by atoms with E-state index in [1.54, 1.807) is 0 Å². The Labute approximate surface area is 146 Å². The number of aliphatic hydroxyl groups is 1. The molecule has 1 atom stereocenters. The van der Waals surface area contributed by atoms with Crippen LogP contribution in [-0.2, 0) is 6.42 Å². The normalized spacial score (nSPS) is 12.2. The minimum atomic E-state index is -0.593. The van der Waals surface area contributed by atoms with Crippen molar-refractivity contribution in [1.82, 2.24) is 0 Å². The predicted octanol–water partition coefficient (Wildman–Crippen LogP) is 5.52. The highest BCUT2D eigenvalue weighted by Gasteiger charge is 2.16. The van der Waals surface area contributed by atoms with Gasteiger partial charge in [0.25, 0.3) is 0 Å². The molecule has 1 unspecified atom stereocenters. The van der Waals surface area contributed by atoms with E-state index in [1.165, 1.54) is 5.56 Å². The summed E-state index contributed by atoms with van der Waals surface area (Å²) in [5.41, 5.74) is 5.44. The van der Waals surface area contributed by atoms with Crippen molar-refractivity contribution in [3.63, 3.8) is 0 Å². The lowest BCUT2D eigenvalue weighted by Crippen LogP contribution is -2.06. The second-order valence-electron chi connectivity index (χ2n) is 6.50. The Morgan fingerprint density at radius 2 is 1.62 bits per heavy atom. The number of rotatable bonds is 8. The molecule has 130 valence electrons. The molecule has 0 saturated carbocycles. The molecule has 0 aliphatic carbocycles. The summed E-state index contributed by atoms with van der Waals surface area (Å²) in [5, 5.41) is 10.8. The summed E-state index contributed by atoms with van der Waals surface area (Å²) < 4.78 is 5.86. The van der Waals surface area contributed by atoms with Gasteiger partial charge in [-0.1, -0.05) is 57.0 Å². The van der Waals surface area contributed by atoms with Crippen LogP contribution in [0, 0.1) is 13.8 Å². The number of hydrogen-bond acceptors (Lipinski definition) is 2. The van der Waals surface area contributed by atoms with E-state index in [0.29, 0.717) is 0 Å². The monoisotopic (exact) mass is 326 g/mol. The minimum Gasteiger partial charge on any atom is -0.493 e. The summed E-state index contributed by atoms with van der Waals surface area (Å²) in [6.07, 6.45) is 3.82. The van der Waals surface area contributed by atoms with Gasteiger partial charge in [-0.15, -0.1) is 0 Å². The summed E-state index contributed by atoms with van der Waals surface area (Å²) in [6.45, 7) is 9.21. The molecule has 0 radical (unpaired) electrons. The first-order valence-corrected chi connectivity index (χ1v) is 9.08. The van der Waals surface area contributed by atoms with Crippen LogP contribution in [0.15, 0.2) is 36.4 Å². The van der Waals surface area contributed by atoms with Crippen LogP contribution in [-0.4, -0.2) is 11.7 Å². The van der Waals surface area contributed by atoms with Crippen LogP contribution in [0.3, 0.4) is 0 Å². The average Bonchev–Trinajstić information content (AvgIpc) is 2.59. The Hall–Kier alpha value is -1.80. The van der Waals surface area contributed by atoms with Gasteiger partial charge in [-0.2, -0.15) is 0 Å². The zero-order chi connectivity index (χ0) is 17.5. The van der Waals surface area contributed by atoms with E-state index in [-0.39, 0.29) is 0 Å². The van der Waals surface area contributed by atoms with Gasteiger partial charge in [0, 0.05) is 0 Å². The Balaban J connectivity index is 2.19. The van der Waals surface area contributed by atoms with Crippen LogP contribution in [0.5, 0.6) is 5.75 Å². The molecule has 1 N–H and O–H groups in total. The third-order valence-corrected chi connectivity index (χ3v) is 4.66. The number of hydrogen-bond donors (Lipinski definition) is 1. The molecule has 2 heteroatoms. The third-order valence-electron chi connectivity index (χ3n) is 4.66. The van der Waals surface area contributed by atoms with Gasteiger partial charge in [0.1, 0.15) is 11.9 Å². The maximum absolute atomic E-state index is 10.8. The largest absolute Gasteiger partial charge is 0.493 e. The van der Waals surface area contributed by atoms with E-state index in [9.17, 15) is 5.11 Å². The van der Waals surface area contributed by atoms with Crippen molar-refractivity contribution in [2.45, 2.75) is 59.5 Å². The first-order valence-electron chi connectivity index (χ1n) is 9.08. The lowest BCUT2D eigenvalue weighted by molar-refractivity contribution is 0.219. The maximum Gasteiger partial charge on any atom is 0.122 e. The zero-order valence-electron chi connectivity index (χ0n) is 15.4. The molecule has 0 heterocycles. The second-order valence-corrected chi connectivity index (χ2v) is 6.50. The first-order chi connectivity index (χ1) is 11.6. The highest BCUT2D eigenvalue weighted by atomic mass is 16.5. The van der Waals surface area contributed by atoms with E-state index in [1.807, 2.05) is 24.3 Å². The fourth-order valence-electron chi connectivity index (χ4n) is 2.93. The fourth-order valence-corrected chi connectivity index (χ4v) is 2.93. The molecule has 0 saturated heterocycles. The molecule has 2 aromatic rings.